The minimum atomic E-state index is -0.521. The van der Waals surface area contributed by atoms with Gasteiger partial charge in [-0.05, 0) is 60.2 Å². The van der Waals surface area contributed by atoms with E-state index in [0.717, 1.165) is 42.0 Å². The molecule has 20 heavy (non-hydrogen) atoms. The standard InChI is InChI=1S/C17H17FO2/c1-12(19)20-17(8-2-3-9-17)15-6-4-13-5-7-16(18)11-14(13)10-15/h4-7,10-11H,2-3,8-9H2,1H3. The van der Waals surface area contributed by atoms with Crippen LogP contribution in [0.5, 0.6) is 0 Å². The van der Waals surface area contributed by atoms with Gasteiger partial charge in [-0.15, -0.1) is 0 Å². The molecule has 104 valence electrons. The number of hydrogen-bond acceptors (Lipinski definition) is 2. The van der Waals surface area contributed by atoms with Crippen molar-refractivity contribution in [3.63, 3.8) is 0 Å². The monoisotopic (exact) mass is 272 g/mol. The smallest absolute Gasteiger partial charge is 0.303 e. The van der Waals surface area contributed by atoms with Crippen molar-refractivity contribution in [2.45, 2.75) is 38.2 Å². The molecule has 2 aromatic rings. The normalized spacial score (nSPS) is 17.3. The van der Waals surface area contributed by atoms with Crippen molar-refractivity contribution in [2.75, 3.05) is 0 Å². The summed E-state index contributed by atoms with van der Waals surface area (Å²) < 4.78 is 19.0. The molecule has 0 aromatic heterocycles. The van der Waals surface area contributed by atoms with Gasteiger partial charge in [-0.1, -0.05) is 18.2 Å². The molecule has 3 rings (SSSR count). The fourth-order valence-corrected chi connectivity index (χ4v) is 3.17. The molecule has 1 aliphatic rings. The van der Waals surface area contributed by atoms with Crippen molar-refractivity contribution >= 4 is 16.7 Å². The molecule has 0 aliphatic heterocycles. The minimum absolute atomic E-state index is 0.248. The number of fused-ring (bicyclic) bond motifs is 1. The lowest BCUT2D eigenvalue weighted by atomic mass is 9.90. The predicted octanol–water partition coefficient (Wildman–Crippen LogP) is 4.31. The zero-order chi connectivity index (χ0) is 14.2. The van der Waals surface area contributed by atoms with E-state index in [1.807, 2.05) is 18.2 Å². The van der Waals surface area contributed by atoms with Crippen LogP contribution in [0.1, 0.15) is 38.2 Å². The number of carbonyl (C=O) groups excluding carboxylic acids is 1. The van der Waals surface area contributed by atoms with E-state index in [4.69, 9.17) is 4.74 Å². The van der Waals surface area contributed by atoms with Crippen LogP contribution in [-0.4, -0.2) is 5.97 Å². The Morgan fingerprint density at radius 2 is 1.80 bits per heavy atom. The van der Waals surface area contributed by atoms with Gasteiger partial charge < -0.3 is 4.74 Å². The van der Waals surface area contributed by atoms with Gasteiger partial charge >= 0.3 is 5.97 Å². The van der Waals surface area contributed by atoms with Gasteiger partial charge in [0.15, 0.2) is 0 Å². The van der Waals surface area contributed by atoms with Crippen LogP contribution in [0.25, 0.3) is 10.8 Å². The maximum absolute atomic E-state index is 13.4. The summed E-state index contributed by atoms with van der Waals surface area (Å²) in [5.74, 6) is -0.506. The first-order valence-corrected chi connectivity index (χ1v) is 6.98. The third-order valence-electron chi connectivity index (χ3n) is 4.08. The molecule has 0 saturated heterocycles. The molecule has 0 unspecified atom stereocenters. The van der Waals surface area contributed by atoms with E-state index in [1.165, 1.54) is 19.1 Å². The van der Waals surface area contributed by atoms with E-state index < -0.39 is 5.60 Å². The summed E-state index contributed by atoms with van der Waals surface area (Å²) in [5.41, 5.74) is 0.454. The van der Waals surface area contributed by atoms with Crippen molar-refractivity contribution in [3.8, 4) is 0 Å². The molecule has 3 heteroatoms. The first-order chi connectivity index (χ1) is 9.59. The molecule has 0 radical (unpaired) electrons. The van der Waals surface area contributed by atoms with Crippen LogP contribution >= 0.6 is 0 Å². The molecule has 0 atom stereocenters. The van der Waals surface area contributed by atoms with Crippen LogP contribution < -0.4 is 0 Å². The zero-order valence-electron chi connectivity index (χ0n) is 11.5. The van der Waals surface area contributed by atoms with E-state index in [-0.39, 0.29) is 11.8 Å². The highest BCUT2D eigenvalue weighted by molar-refractivity contribution is 5.83. The van der Waals surface area contributed by atoms with Gasteiger partial charge in [0.2, 0.25) is 0 Å². The Labute approximate surface area is 117 Å². The maximum Gasteiger partial charge on any atom is 0.303 e. The zero-order valence-corrected chi connectivity index (χ0v) is 11.5. The Morgan fingerprint density at radius 3 is 2.50 bits per heavy atom. The molecule has 0 spiro atoms. The topological polar surface area (TPSA) is 26.3 Å². The second-order valence-corrected chi connectivity index (χ2v) is 5.50. The lowest BCUT2D eigenvalue weighted by Crippen LogP contribution is -2.28. The van der Waals surface area contributed by atoms with Crippen LogP contribution in [0.4, 0.5) is 4.39 Å². The van der Waals surface area contributed by atoms with Gasteiger partial charge in [-0.3, -0.25) is 4.79 Å². The fourth-order valence-electron chi connectivity index (χ4n) is 3.17. The summed E-state index contributed by atoms with van der Waals surface area (Å²) in [6.45, 7) is 1.45. The van der Waals surface area contributed by atoms with Gasteiger partial charge in [0.1, 0.15) is 11.4 Å². The molecule has 1 saturated carbocycles. The van der Waals surface area contributed by atoms with E-state index >= 15 is 0 Å². The average molecular weight is 272 g/mol. The van der Waals surface area contributed by atoms with Crippen LogP contribution in [-0.2, 0) is 15.1 Å². The number of halogens is 1. The molecule has 0 amide bonds. The summed E-state index contributed by atoms with van der Waals surface area (Å²) in [4.78, 5) is 11.4. The minimum Gasteiger partial charge on any atom is -0.454 e. The van der Waals surface area contributed by atoms with Crippen molar-refractivity contribution in [1.82, 2.24) is 0 Å². The highest BCUT2D eigenvalue weighted by Gasteiger charge is 2.38. The number of carbonyl (C=O) groups is 1. The van der Waals surface area contributed by atoms with Gasteiger partial charge in [0, 0.05) is 6.92 Å². The van der Waals surface area contributed by atoms with Crippen molar-refractivity contribution in [1.29, 1.82) is 0 Å². The summed E-state index contributed by atoms with van der Waals surface area (Å²) in [6.07, 6.45) is 3.78. The summed E-state index contributed by atoms with van der Waals surface area (Å²) in [6, 6.07) is 10.7. The third kappa shape index (κ3) is 2.28. The summed E-state index contributed by atoms with van der Waals surface area (Å²) in [5, 5.41) is 1.84. The van der Waals surface area contributed by atoms with Gasteiger partial charge in [-0.25, -0.2) is 4.39 Å². The van der Waals surface area contributed by atoms with Crippen LogP contribution in [0.15, 0.2) is 36.4 Å². The van der Waals surface area contributed by atoms with Crippen molar-refractivity contribution in [3.05, 3.63) is 47.8 Å². The Bertz CT molecular complexity index is 657. The Hall–Kier alpha value is -1.90. The molecule has 0 heterocycles. The van der Waals surface area contributed by atoms with Crippen LogP contribution in [0.3, 0.4) is 0 Å². The molecule has 2 nitrogen and oxygen atoms in total. The lowest BCUT2D eigenvalue weighted by Gasteiger charge is -2.29. The second-order valence-electron chi connectivity index (χ2n) is 5.50. The number of hydrogen-bond donors (Lipinski definition) is 0. The van der Waals surface area contributed by atoms with E-state index in [9.17, 15) is 9.18 Å². The molecular weight excluding hydrogens is 255 g/mol. The van der Waals surface area contributed by atoms with Crippen LogP contribution in [0, 0.1) is 5.82 Å². The van der Waals surface area contributed by atoms with Gasteiger partial charge in [-0.2, -0.15) is 0 Å². The summed E-state index contributed by atoms with van der Waals surface area (Å²) in [7, 11) is 0. The first kappa shape index (κ1) is 13.1. The van der Waals surface area contributed by atoms with E-state index in [2.05, 4.69) is 0 Å². The average Bonchev–Trinajstić information content (AvgIpc) is 2.86. The van der Waals surface area contributed by atoms with Gasteiger partial charge in [0.05, 0.1) is 0 Å². The SMILES string of the molecule is CC(=O)OC1(c2ccc3ccc(F)cc3c2)CCCC1. The number of benzene rings is 2. The van der Waals surface area contributed by atoms with Crippen LogP contribution in [0.2, 0.25) is 0 Å². The Morgan fingerprint density at radius 1 is 1.10 bits per heavy atom. The largest absolute Gasteiger partial charge is 0.454 e. The van der Waals surface area contributed by atoms with Crippen molar-refractivity contribution in [2.24, 2.45) is 0 Å². The molecule has 1 aliphatic carbocycles. The number of ether oxygens (including phenoxy) is 1. The highest BCUT2D eigenvalue weighted by Crippen LogP contribution is 2.43. The molecule has 0 N–H and O–H groups in total. The first-order valence-electron chi connectivity index (χ1n) is 6.98. The lowest BCUT2D eigenvalue weighted by molar-refractivity contribution is -0.157. The number of rotatable bonds is 2. The van der Waals surface area contributed by atoms with E-state index in [0.29, 0.717) is 0 Å². The Kier molecular flexibility index (Phi) is 3.20. The second kappa shape index (κ2) is 4.89. The molecule has 0 bridgehead atoms. The van der Waals surface area contributed by atoms with Crippen molar-refractivity contribution < 1.29 is 13.9 Å². The van der Waals surface area contributed by atoms with E-state index in [1.54, 1.807) is 6.07 Å². The molecule has 2 aromatic carbocycles. The Balaban J connectivity index is 2.09. The quantitative estimate of drug-likeness (QED) is 0.761. The number of esters is 1. The molecular formula is C17H17FO2. The van der Waals surface area contributed by atoms with Gasteiger partial charge in [0.25, 0.3) is 0 Å². The molecule has 1 fully saturated rings. The predicted molar refractivity (Wildman–Crippen MR) is 75.8 cm³/mol. The maximum atomic E-state index is 13.4. The summed E-state index contributed by atoms with van der Waals surface area (Å²) >= 11 is 0. The highest BCUT2D eigenvalue weighted by atomic mass is 19.1. The fraction of sp³-hybridized carbons (Fsp3) is 0.353. The third-order valence-corrected chi connectivity index (χ3v) is 4.08.